The van der Waals surface area contributed by atoms with Crippen LogP contribution in [-0.4, -0.2) is 36.1 Å². The van der Waals surface area contributed by atoms with Crippen LogP contribution in [0, 0.1) is 5.92 Å². The van der Waals surface area contributed by atoms with Crippen molar-refractivity contribution in [1.29, 1.82) is 0 Å². The van der Waals surface area contributed by atoms with Crippen molar-refractivity contribution in [1.82, 2.24) is 10.3 Å². The fraction of sp³-hybridized carbons (Fsp3) is 0.588. The Morgan fingerprint density at radius 2 is 2.13 bits per heavy atom. The fourth-order valence-corrected chi connectivity index (χ4v) is 2.79. The van der Waals surface area contributed by atoms with Gasteiger partial charge in [0.25, 0.3) is 5.91 Å². The first-order valence-corrected chi connectivity index (χ1v) is 8.16. The van der Waals surface area contributed by atoms with Crippen molar-refractivity contribution in [3.63, 3.8) is 0 Å². The monoisotopic (exact) mass is 320 g/mol. The molecule has 0 radical (unpaired) electrons. The van der Waals surface area contributed by atoms with Gasteiger partial charge in [-0.1, -0.05) is 19.8 Å². The van der Waals surface area contributed by atoms with Crippen molar-refractivity contribution in [2.75, 3.05) is 13.2 Å². The third-order valence-electron chi connectivity index (χ3n) is 4.06. The highest BCUT2D eigenvalue weighted by Crippen LogP contribution is 2.23. The van der Waals surface area contributed by atoms with Crippen LogP contribution in [0.25, 0.3) is 0 Å². The Balaban J connectivity index is 1.85. The molecule has 1 N–H and O–H groups in total. The molecule has 1 aromatic heterocycles. The molecule has 1 aromatic rings. The summed E-state index contributed by atoms with van der Waals surface area (Å²) in [7, 11) is 0. The van der Waals surface area contributed by atoms with Crippen LogP contribution in [-0.2, 0) is 9.53 Å². The molecule has 1 heterocycles. The second-order valence-corrected chi connectivity index (χ2v) is 5.80. The Morgan fingerprint density at radius 3 is 2.87 bits per heavy atom. The summed E-state index contributed by atoms with van der Waals surface area (Å²) in [5.74, 6) is -0.181. The Morgan fingerprint density at radius 1 is 1.35 bits per heavy atom. The molecule has 1 saturated carbocycles. The number of rotatable bonds is 6. The molecule has 2 atom stereocenters. The minimum Gasteiger partial charge on any atom is -0.477 e. The molecule has 1 aliphatic rings. The maximum absolute atomic E-state index is 12.1. The molecule has 1 fully saturated rings. The van der Waals surface area contributed by atoms with Gasteiger partial charge >= 0.3 is 5.97 Å². The van der Waals surface area contributed by atoms with Crippen LogP contribution in [0.15, 0.2) is 18.3 Å². The molecule has 0 spiro atoms. The van der Waals surface area contributed by atoms with Gasteiger partial charge in [0, 0.05) is 12.2 Å². The van der Waals surface area contributed by atoms with Crippen molar-refractivity contribution in [3.8, 4) is 5.88 Å². The highest BCUT2D eigenvalue weighted by molar-refractivity contribution is 5.93. The average Bonchev–Trinajstić information content (AvgIpc) is 2.55. The molecule has 23 heavy (non-hydrogen) atoms. The van der Waals surface area contributed by atoms with E-state index in [0.29, 0.717) is 12.5 Å². The Kier molecular flexibility index (Phi) is 6.38. The minimum atomic E-state index is -0.603. The van der Waals surface area contributed by atoms with E-state index in [2.05, 4.69) is 17.2 Å². The van der Waals surface area contributed by atoms with Gasteiger partial charge in [-0.15, -0.1) is 0 Å². The summed E-state index contributed by atoms with van der Waals surface area (Å²) in [5, 5.41) is 2.95. The van der Waals surface area contributed by atoms with Gasteiger partial charge in [0.05, 0.1) is 6.61 Å². The summed E-state index contributed by atoms with van der Waals surface area (Å²) in [4.78, 5) is 28.0. The van der Waals surface area contributed by atoms with E-state index in [1.54, 1.807) is 18.3 Å². The van der Waals surface area contributed by atoms with Crippen molar-refractivity contribution in [3.05, 3.63) is 23.9 Å². The first-order chi connectivity index (χ1) is 11.1. The van der Waals surface area contributed by atoms with E-state index in [-0.39, 0.29) is 30.0 Å². The van der Waals surface area contributed by atoms with E-state index >= 15 is 0 Å². The van der Waals surface area contributed by atoms with E-state index in [1.165, 1.54) is 6.42 Å². The normalized spacial score (nSPS) is 20.6. The highest BCUT2D eigenvalue weighted by Gasteiger charge is 2.23. The predicted octanol–water partition coefficient (Wildman–Crippen LogP) is 2.33. The van der Waals surface area contributed by atoms with E-state index in [1.807, 2.05) is 6.92 Å². The quantitative estimate of drug-likeness (QED) is 0.814. The molecule has 0 aliphatic heterocycles. The Bertz CT molecular complexity index is 547. The SMILES string of the molecule is CCOc1ncccc1C(=O)OCC(=O)N[C@@H]1CCCC[C@@H]1C. The van der Waals surface area contributed by atoms with Gasteiger partial charge in [-0.3, -0.25) is 4.79 Å². The van der Waals surface area contributed by atoms with Gasteiger partial charge in [0.15, 0.2) is 6.61 Å². The number of ether oxygens (including phenoxy) is 2. The Hall–Kier alpha value is -2.11. The molecule has 2 rings (SSSR count). The zero-order valence-electron chi connectivity index (χ0n) is 13.7. The number of nitrogens with zero attached hydrogens (tertiary/aromatic N) is 1. The zero-order valence-corrected chi connectivity index (χ0v) is 13.7. The number of nitrogens with one attached hydrogen (secondary N) is 1. The number of pyridine rings is 1. The topological polar surface area (TPSA) is 77.5 Å². The lowest BCUT2D eigenvalue weighted by Gasteiger charge is -2.29. The summed E-state index contributed by atoms with van der Waals surface area (Å²) in [5.41, 5.74) is 0.230. The van der Waals surface area contributed by atoms with Gasteiger partial charge in [-0.05, 0) is 37.8 Å². The zero-order chi connectivity index (χ0) is 16.7. The van der Waals surface area contributed by atoms with Crippen LogP contribution in [0.4, 0.5) is 0 Å². The molecule has 0 saturated heterocycles. The van der Waals surface area contributed by atoms with Crippen LogP contribution in [0.2, 0.25) is 0 Å². The maximum atomic E-state index is 12.1. The minimum absolute atomic E-state index is 0.173. The molecule has 126 valence electrons. The molecule has 1 aliphatic carbocycles. The van der Waals surface area contributed by atoms with Crippen molar-refractivity contribution >= 4 is 11.9 Å². The molecular formula is C17H24N2O4. The fourth-order valence-electron chi connectivity index (χ4n) is 2.79. The van der Waals surface area contributed by atoms with Crippen molar-refractivity contribution in [2.24, 2.45) is 5.92 Å². The first kappa shape index (κ1) is 17.2. The second-order valence-electron chi connectivity index (χ2n) is 5.80. The number of esters is 1. The van der Waals surface area contributed by atoms with Gasteiger partial charge in [0.1, 0.15) is 5.56 Å². The molecular weight excluding hydrogens is 296 g/mol. The number of aromatic nitrogens is 1. The summed E-state index contributed by atoms with van der Waals surface area (Å²) in [6.07, 6.45) is 5.99. The second kappa shape index (κ2) is 8.50. The molecule has 1 amide bonds. The third kappa shape index (κ3) is 4.94. The molecule has 0 bridgehead atoms. The number of hydrogen-bond donors (Lipinski definition) is 1. The van der Waals surface area contributed by atoms with Gasteiger partial charge in [-0.2, -0.15) is 0 Å². The van der Waals surface area contributed by atoms with Gasteiger partial charge in [-0.25, -0.2) is 9.78 Å². The summed E-state index contributed by atoms with van der Waals surface area (Å²) < 4.78 is 10.4. The standard InChI is InChI=1S/C17H24N2O4/c1-3-22-16-13(8-6-10-18-16)17(21)23-11-15(20)19-14-9-5-4-7-12(14)2/h6,8,10,12,14H,3-5,7,9,11H2,1-2H3,(H,19,20)/t12-,14+/m0/s1. The van der Waals surface area contributed by atoms with Crippen LogP contribution < -0.4 is 10.1 Å². The Labute approximate surface area is 136 Å². The number of carbonyl (C=O) groups excluding carboxylic acids is 2. The first-order valence-electron chi connectivity index (χ1n) is 8.16. The van der Waals surface area contributed by atoms with E-state index in [4.69, 9.17) is 9.47 Å². The lowest BCUT2D eigenvalue weighted by Crippen LogP contribution is -2.42. The number of hydrogen-bond acceptors (Lipinski definition) is 5. The average molecular weight is 320 g/mol. The van der Waals surface area contributed by atoms with Crippen LogP contribution >= 0.6 is 0 Å². The molecule has 6 nitrogen and oxygen atoms in total. The molecule has 0 unspecified atom stereocenters. The van der Waals surface area contributed by atoms with E-state index < -0.39 is 5.97 Å². The van der Waals surface area contributed by atoms with Crippen molar-refractivity contribution in [2.45, 2.75) is 45.6 Å². The van der Waals surface area contributed by atoms with E-state index in [0.717, 1.165) is 19.3 Å². The summed E-state index contributed by atoms with van der Waals surface area (Å²) in [6, 6.07) is 3.37. The lowest BCUT2D eigenvalue weighted by atomic mass is 9.86. The number of carbonyl (C=O) groups is 2. The molecule has 6 heteroatoms. The van der Waals surface area contributed by atoms with Gasteiger partial charge in [0.2, 0.25) is 5.88 Å². The van der Waals surface area contributed by atoms with Crippen LogP contribution in [0.3, 0.4) is 0 Å². The van der Waals surface area contributed by atoms with Crippen molar-refractivity contribution < 1.29 is 19.1 Å². The maximum Gasteiger partial charge on any atom is 0.344 e. The smallest absolute Gasteiger partial charge is 0.344 e. The third-order valence-corrected chi connectivity index (χ3v) is 4.06. The lowest BCUT2D eigenvalue weighted by molar-refractivity contribution is -0.125. The van der Waals surface area contributed by atoms with Crippen LogP contribution in [0.5, 0.6) is 5.88 Å². The molecule has 0 aromatic carbocycles. The predicted molar refractivity (Wildman–Crippen MR) is 85.3 cm³/mol. The largest absolute Gasteiger partial charge is 0.477 e. The highest BCUT2D eigenvalue weighted by atomic mass is 16.5. The van der Waals surface area contributed by atoms with Gasteiger partial charge < -0.3 is 14.8 Å². The summed E-state index contributed by atoms with van der Waals surface area (Å²) in [6.45, 7) is 4.06. The van der Waals surface area contributed by atoms with E-state index in [9.17, 15) is 9.59 Å². The van der Waals surface area contributed by atoms with Crippen LogP contribution in [0.1, 0.15) is 49.9 Å². The summed E-state index contributed by atoms with van der Waals surface area (Å²) >= 11 is 0. The number of amides is 1.